The summed E-state index contributed by atoms with van der Waals surface area (Å²) in [6.45, 7) is 0.529. The van der Waals surface area contributed by atoms with Gasteiger partial charge in [-0.2, -0.15) is 0 Å². The van der Waals surface area contributed by atoms with Gasteiger partial charge in [0.15, 0.2) is 5.65 Å². The lowest BCUT2D eigenvalue weighted by atomic mass is 9.98. The van der Waals surface area contributed by atoms with Crippen molar-refractivity contribution >= 4 is 11.2 Å². The third-order valence-electron chi connectivity index (χ3n) is 3.41. The van der Waals surface area contributed by atoms with Crippen LogP contribution in [0.4, 0.5) is 0 Å². The van der Waals surface area contributed by atoms with Crippen LogP contribution in [0.15, 0.2) is 48.7 Å². The third-order valence-corrected chi connectivity index (χ3v) is 3.41. The van der Waals surface area contributed by atoms with E-state index in [1.807, 2.05) is 41.9 Å². The molecule has 2 heterocycles. The molecule has 0 spiro atoms. The van der Waals surface area contributed by atoms with Crippen molar-refractivity contribution in [3.63, 3.8) is 0 Å². The zero-order valence-electron chi connectivity index (χ0n) is 10.8. The molecule has 0 aliphatic heterocycles. The predicted octanol–water partition coefficient (Wildman–Crippen LogP) is 2.06. The number of benzene rings is 1. The number of pyridine rings is 1. The minimum atomic E-state index is 0.0976. The van der Waals surface area contributed by atoms with Crippen LogP contribution in [0.1, 0.15) is 17.3 Å². The standard InChI is InChI=1S/C15H16N4/c1-19-14(18-13-8-5-9-17-15(13)19)12(10-16)11-6-3-2-4-7-11/h2-9,12H,10,16H2,1H3. The van der Waals surface area contributed by atoms with E-state index in [-0.39, 0.29) is 5.92 Å². The van der Waals surface area contributed by atoms with Crippen LogP contribution >= 0.6 is 0 Å². The highest BCUT2D eigenvalue weighted by Gasteiger charge is 2.19. The minimum absolute atomic E-state index is 0.0976. The summed E-state index contributed by atoms with van der Waals surface area (Å²) in [6, 6.07) is 14.1. The lowest BCUT2D eigenvalue weighted by molar-refractivity contribution is 0.705. The summed E-state index contributed by atoms with van der Waals surface area (Å²) >= 11 is 0. The average molecular weight is 252 g/mol. The molecule has 2 N–H and O–H groups in total. The van der Waals surface area contributed by atoms with Crippen molar-refractivity contribution in [1.29, 1.82) is 0 Å². The van der Waals surface area contributed by atoms with Gasteiger partial charge in [0.1, 0.15) is 11.3 Å². The highest BCUT2D eigenvalue weighted by Crippen LogP contribution is 2.24. The molecule has 3 aromatic rings. The first-order valence-electron chi connectivity index (χ1n) is 6.33. The van der Waals surface area contributed by atoms with Gasteiger partial charge in [-0.25, -0.2) is 9.97 Å². The molecule has 19 heavy (non-hydrogen) atoms. The first-order valence-corrected chi connectivity index (χ1v) is 6.33. The molecule has 0 saturated carbocycles. The van der Waals surface area contributed by atoms with Crippen LogP contribution in [0.25, 0.3) is 11.2 Å². The van der Waals surface area contributed by atoms with Crippen LogP contribution in [-0.4, -0.2) is 21.1 Å². The lowest BCUT2D eigenvalue weighted by Gasteiger charge is -2.14. The van der Waals surface area contributed by atoms with Crippen molar-refractivity contribution in [3.05, 3.63) is 60.0 Å². The van der Waals surface area contributed by atoms with E-state index >= 15 is 0 Å². The Bertz CT molecular complexity index is 688. The highest BCUT2D eigenvalue weighted by atomic mass is 15.1. The number of rotatable bonds is 3. The van der Waals surface area contributed by atoms with Crippen LogP contribution < -0.4 is 5.73 Å². The fraction of sp³-hybridized carbons (Fsp3) is 0.200. The minimum Gasteiger partial charge on any atom is -0.329 e. The Morgan fingerprint density at radius 2 is 1.95 bits per heavy atom. The maximum atomic E-state index is 5.95. The van der Waals surface area contributed by atoms with Crippen molar-refractivity contribution < 1.29 is 0 Å². The molecular weight excluding hydrogens is 236 g/mol. The molecule has 1 atom stereocenters. The third kappa shape index (κ3) is 2.00. The normalized spacial score (nSPS) is 12.7. The van der Waals surface area contributed by atoms with Gasteiger partial charge in [-0.3, -0.25) is 0 Å². The van der Waals surface area contributed by atoms with E-state index < -0.39 is 0 Å². The first-order chi connectivity index (χ1) is 9.31. The molecule has 4 nitrogen and oxygen atoms in total. The zero-order valence-corrected chi connectivity index (χ0v) is 10.8. The number of fused-ring (bicyclic) bond motifs is 1. The summed E-state index contributed by atoms with van der Waals surface area (Å²) in [7, 11) is 1.99. The van der Waals surface area contributed by atoms with E-state index in [0.29, 0.717) is 6.54 Å². The zero-order chi connectivity index (χ0) is 13.2. The number of hydrogen-bond acceptors (Lipinski definition) is 3. The predicted molar refractivity (Wildman–Crippen MR) is 75.8 cm³/mol. The second-order valence-electron chi connectivity index (χ2n) is 4.57. The molecule has 0 bridgehead atoms. The van der Waals surface area contributed by atoms with E-state index in [4.69, 9.17) is 5.73 Å². The number of aryl methyl sites for hydroxylation is 1. The van der Waals surface area contributed by atoms with E-state index in [1.54, 1.807) is 6.20 Å². The van der Waals surface area contributed by atoms with Crippen LogP contribution in [0, 0.1) is 0 Å². The van der Waals surface area contributed by atoms with Crippen LogP contribution in [-0.2, 0) is 7.05 Å². The Morgan fingerprint density at radius 1 is 1.16 bits per heavy atom. The number of aromatic nitrogens is 3. The topological polar surface area (TPSA) is 56.7 Å². The summed E-state index contributed by atoms with van der Waals surface area (Å²) in [5.74, 6) is 1.06. The Labute approximate surface area is 111 Å². The summed E-state index contributed by atoms with van der Waals surface area (Å²) in [5.41, 5.74) is 8.94. The fourth-order valence-corrected chi connectivity index (χ4v) is 2.43. The van der Waals surface area contributed by atoms with Crippen LogP contribution in [0.5, 0.6) is 0 Å². The summed E-state index contributed by atoms with van der Waals surface area (Å²) in [6.07, 6.45) is 1.79. The van der Waals surface area contributed by atoms with Crippen LogP contribution in [0.3, 0.4) is 0 Å². The van der Waals surface area contributed by atoms with Crippen molar-refractivity contribution in [2.45, 2.75) is 5.92 Å². The molecule has 1 unspecified atom stereocenters. The molecule has 0 fully saturated rings. The quantitative estimate of drug-likeness (QED) is 0.776. The molecule has 2 aromatic heterocycles. The van der Waals surface area contributed by atoms with Crippen molar-refractivity contribution in [1.82, 2.24) is 14.5 Å². The number of hydrogen-bond donors (Lipinski definition) is 1. The molecule has 0 saturated heterocycles. The summed E-state index contributed by atoms with van der Waals surface area (Å²) in [4.78, 5) is 9.05. The molecular formula is C15H16N4. The second-order valence-corrected chi connectivity index (χ2v) is 4.57. The van der Waals surface area contributed by atoms with Crippen molar-refractivity contribution in [2.75, 3.05) is 6.54 Å². The maximum Gasteiger partial charge on any atom is 0.159 e. The van der Waals surface area contributed by atoms with Gasteiger partial charge in [0, 0.05) is 19.8 Å². The average Bonchev–Trinajstić information content (AvgIpc) is 2.79. The van der Waals surface area contributed by atoms with Gasteiger partial charge in [0.25, 0.3) is 0 Å². The fourth-order valence-electron chi connectivity index (χ4n) is 2.43. The smallest absolute Gasteiger partial charge is 0.159 e. The monoisotopic (exact) mass is 252 g/mol. The van der Waals surface area contributed by atoms with Gasteiger partial charge in [0.2, 0.25) is 0 Å². The van der Waals surface area contributed by atoms with Crippen molar-refractivity contribution in [2.24, 2.45) is 12.8 Å². The maximum absolute atomic E-state index is 5.95. The molecule has 0 aliphatic carbocycles. The number of nitrogens with zero attached hydrogens (tertiary/aromatic N) is 3. The molecule has 0 radical (unpaired) electrons. The van der Waals surface area contributed by atoms with E-state index in [9.17, 15) is 0 Å². The largest absolute Gasteiger partial charge is 0.329 e. The molecule has 1 aromatic carbocycles. The van der Waals surface area contributed by atoms with Gasteiger partial charge in [-0.05, 0) is 17.7 Å². The van der Waals surface area contributed by atoms with Gasteiger partial charge in [-0.15, -0.1) is 0 Å². The summed E-state index contributed by atoms with van der Waals surface area (Å²) < 4.78 is 2.03. The van der Waals surface area contributed by atoms with E-state index in [2.05, 4.69) is 22.1 Å². The molecule has 96 valence electrons. The van der Waals surface area contributed by atoms with Gasteiger partial charge < -0.3 is 10.3 Å². The second kappa shape index (κ2) is 4.82. The Hall–Kier alpha value is -2.20. The number of imidazole rings is 1. The SMILES string of the molecule is Cn1c(C(CN)c2ccccc2)nc2cccnc21. The summed E-state index contributed by atoms with van der Waals surface area (Å²) in [5, 5.41) is 0. The molecule has 4 heteroatoms. The Kier molecular flexibility index (Phi) is 3.01. The lowest BCUT2D eigenvalue weighted by Crippen LogP contribution is -2.17. The van der Waals surface area contributed by atoms with Crippen molar-refractivity contribution in [3.8, 4) is 0 Å². The van der Waals surface area contributed by atoms with Gasteiger partial charge in [0.05, 0.1) is 5.92 Å². The Morgan fingerprint density at radius 3 is 2.63 bits per heavy atom. The molecule has 0 aliphatic rings. The van der Waals surface area contributed by atoms with Gasteiger partial charge >= 0.3 is 0 Å². The molecule has 0 amide bonds. The highest BCUT2D eigenvalue weighted by molar-refractivity contribution is 5.71. The van der Waals surface area contributed by atoms with E-state index in [0.717, 1.165) is 17.0 Å². The Balaban J connectivity index is 2.14. The molecule has 3 rings (SSSR count). The van der Waals surface area contributed by atoms with Crippen LogP contribution in [0.2, 0.25) is 0 Å². The van der Waals surface area contributed by atoms with Gasteiger partial charge in [-0.1, -0.05) is 30.3 Å². The number of nitrogens with two attached hydrogens (primary N) is 1. The van der Waals surface area contributed by atoms with E-state index in [1.165, 1.54) is 5.56 Å². The first kappa shape index (κ1) is 11.9.